The van der Waals surface area contributed by atoms with Gasteiger partial charge < -0.3 is 30.7 Å². The Bertz CT molecular complexity index is 1590. The molecule has 4 rings (SSSR count). The van der Waals surface area contributed by atoms with E-state index in [0.29, 0.717) is 34.9 Å². The predicted octanol–water partition coefficient (Wildman–Crippen LogP) is 3.24. The van der Waals surface area contributed by atoms with Crippen LogP contribution in [0, 0.1) is 5.41 Å². The number of anilines is 1. The number of H-pyrrole nitrogens is 1. The fourth-order valence-corrected chi connectivity index (χ4v) is 3.84. The summed E-state index contributed by atoms with van der Waals surface area (Å²) in [5, 5.41) is 32.4. The number of hydrogen-bond acceptors (Lipinski definition) is 8. The Morgan fingerprint density at radius 1 is 1.10 bits per heavy atom. The molecule has 0 bridgehead atoms. The van der Waals surface area contributed by atoms with Crippen molar-refractivity contribution in [2.45, 2.75) is 19.9 Å². The van der Waals surface area contributed by atoms with Gasteiger partial charge in [0.2, 0.25) is 0 Å². The van der Waals surface area contributed by atoms with Crippen LogP contribution in [0.3, 0.4) is 0 Å². The minimum absolute atomic E-state index is 0.0558. The Balaban J connectivity index is 0.00000108. The first kappa shape index (κ1) is 30.0. The zero-order chi connectivity index (χ0) is 30.1. The molecule has 7 N–H and O–H groups in total. The summed E-state index contributed by atoms with van der Waals surface area (Å²) in [5.41, 5.74) is 6.99. The first-order chi connectivity index (χ1) is 19.5. The average Bonchev–Trinajstić information content (AvgIpc) is 3.32. The lowest BCUT2D eigenvalue weighted by atomic mass is 10.0. The smallest absolute Gasteiger partial charge is 0.348 e. The lowest BCUT2D eigenvalue weighted by Gasteiger charge is -2.20. The van der Waals surface area contributed by atoms with Crippen LogP contribution in [0.1, 0.15) is 47.2 Å². The monoisotopic (exact) mass is 562 g/mol. The van der Waals surface area contributed by atoms with E-state index in [1.54, 1.807) is 55.6 Å². The highest BCUT2D eigenvalue weighted by Crippen LogP contribution is 2.33. The van der Waals surface area contributed by atoms with Gasteiger partial charge in [-0.15, -0.1) is 5.10 Å². The summed E-state index contributed by atoms with van der Waals surface area (Å²) in [6.45, 7) is 3.36. The number of para-hydroxylation sites is 1. The number of ether oxygens (including phenoxy) is 2. The van der Waals surface area contributed by atoms with Crippen LogP contribution in [-0.2, 0) is 4.79 Å². The van der Waals surface area contributed by atoms with Gasteiger partial charge in [-0.05, 0) is 61.0 Å². The zero-order valence-corrected chi connectivity index (χ0v) is 22.5. The van der Waals surface area contributed by atoms with E-state index < -0.39 is 23.7 Å². The van der Waals surface area contributed by atoms with E-state index >= 15 is 0 Å². The van der Waals surface area contributed by atoms with E-state index in [9.17, 15) is 14.7 Å². The minimum atomic E-state index is -1.18. The Morgan fingerprint density at radius 3 is 2.34 bits per heavy atom. The van der Waals surface area contributed by atoms with Crippen molar-refractivity contribution in [1.29, 1.82) is 5.41 Å². The molecule has 1 atom stereocenters. The molecule has 3 aromatic carbocycles. The Kier molecular flexibility index (Phi) is 9.84. The van der Waals surface area contributed by atoms with Gasteiger partial charge in [0.05, 0.1) is 25.0 Å². The molecule has 0 amide bonds. The van der Waals surface area contributed by atoms with Crippen molar-refractivity contribution in [3.63, 3.8) is 0 Å². The first-order valence-electron chi connectivity index (χ1n) is 12.3. The van der Waals surface area contributed by atoms with E-state index in [1.807, 2.05) is 13.0 Å². The largest absolute Gasteiger partial charge is 0.493 e. The predicted molar refractivity (Wildman–Crippen MR) is 152 cm³/mol. The number of carboxylic acid groups (broad SMARTS) is 2. The molecular weight excluding hydrogens is 532 g/mol. The summed E-state index contributed by atoms with van der Waals surface area (Å²) in [7, 11) is 1.54. The maximum atomic E-state index is 12.9. The second-order valence-corrected chi connectivity index (χ2v) is 8.48. The van der Waals surface area contributed by atoms with Crippen LogP contribution < -0.4 is 26.2 Å². The molecule has 0 saturated heterocycles. The number of methoxy groups -OCH3 is 1. The number of carbonyl (C=O) groups is 2. The van der Waals surface area contributed by atoms with Crippen LogP contribution in [0.4, 0.5) is 5.69 Å². The molecule has 0 radical (unpaired) electrons. The van der Waals surface area contributed by atoms with Crippen LogP contribution in [0.5, 0.6) is 11.5 Å². The summed E-state index contributed by atoms with van der Waals surface area (Å²) < 4.78 is 12.2. The molecule has 41 heavy (non-hydrogen) atoms. The third-order valence-corrected chi connectivity index (χ3v) is 5.60. The molecule has 13 nitrogen and oxygen atoms in total. The maximum absolute atomic E-state index is 12.9. The van der Waals surface area contributed by atoms with Gasteiger partial charge in [-0.3, -0.25) is 15.2 Å². The van der Waals surface area contributed by atoms with Gasteiger partial charge in [-0.1, -0.05) is 18.2 Å². The van der Waals surface area contributed by atoms with Crippen LogP contribution in [0.2, 0.25) is 0 Å². The lowest BCUT2D eigenvalue weighted by Crippen LogP contribution is -2.18. The number of aromatic nitrogens is 3. The van der Waals surface area contributed by atoms with Crippen molar-refractivity contribution in [3.8, 4) is 17.2 Å². The molecule has 214 valence electrons. The topological polar surface area (TPSA) is 206 Å². The van der Waals surface area contributed by atoms with Gasteiger partial charge in [0.15, 0.2) is 17.3 Å². The van der Waals surface area contributed by atoms with E-state index in [4.69, 9.17) is 30.5 Å². The van der Waals surface area contributed by atoms with E-state index in [-0.39, 0.29) is 22.9 Å². The molecule has 0 aliphatic heterocycles. The number of aromatic amines is 1. The van der Waals surface area contributed by atoms with Gasteiger partial charge in [0.25, 0.3) is 5.97 Å². The quantitative estimate of drug-likeness (QED) is 0.123. The van der Waals surface area contributed by atoms with Crippen LogP contribution in [0.15, 0.2) is 71.5 Å². The van der Waals surface area contributed by atoms with Crippen LogP contribution in [-0.4, -0.2) is 56.5 Å². The molecule has 0 unspecified atom stereocenters. The number of nitrogen functional groups attached to an aromatic ring is 1. The average molecular weight is 563 g/mol. The van der Waals surface area contributed by atoms with E-state index in [2.05, 4.69) is 15.4 Å². The SMILES string of the molecule is CC(=O)O.CCOc1cc([C@H](Nc2ccc(C(=N)N)cc2)c2nn(-c3ccccc3C(=O)O)c(=O)[nH]2)ccc1OC. The molecule has 0 fully saturated rings. The number of benzene rings is 3. The molecular formula is C28H30N6O7. The molecule has 0 saturated carbocycles. The van der Waals surface area contributed by atoms with E-state index in [0.717, 1.165) is 11.6 Å². The van der Waals surface area contributed by atoms with Crippen molar-refractivity contribution in [2.75, 3.05) is 19.0 Å². The number of rotatable bonds is 10. The second-order valence-electron chi connectivity index (χ2n) is 8.48. The van der Waals surface area contributed by atoms with Gasteiger partial charge >= 0.3 is 11.7 Å². The third kappa shape index (κ3) is 7.50. The van der Waals surface area contributed by atoms with E-state index in [1.165, 1.54) is 12.1 Å². The summed E-state index contributed by atoms with van der Waals surface area (Å²) in [5.74, 6) is -0.763. The van der Waals surface area contributed by atoms with Crippen molar-refractivity contribution >= 4 is 23.5 Å². The maximum Gasteiger partial charge on any atom is 0.348 e. The zero-order valence-electron chi connectivity index (χ0n) is 22.5. The number of aromatic carboxylic acids is 1. The number of carboxylic acids is 2. The highest BCUT2D eigenvalue weighted by molar-refractivity contribution is 5.95. The van der Waals surface area contributed by atoms with Crippen LogP contribution in [0.25, 0.3) is 5.69 Å². The van der Waals surface area contributed by atoms with Crippen molar-refractivity contribution in [3.05, 3.63) is 99.7 Å². The van der Waals surface area contributed by atoms with Gasteiger partial charge in [-0.25, -0.2) is 9.59 Å². The number of hydrogen-bond donors (Lipinski definition) is 6. The fourth-order valence-electron chi connectivity index (χ4n) is 3.84. The Labute approximate surface area is 234 Å². The van der Waals surface area contributed by atoms with Gasteiger partial charge in [-0.2, -0.15) is 4.68 Å². The molecule has 0 aliphatic carbocycles. The number of nitrogens with one attached hydrogen (secondary N) is 3. The molecule has 0 aliphatic rings. The lowest BCUT2D eigenvalue weighted by molar-refractivity contribution is -0.134. The standard InChI is InChI=1S/C26H26N6O5.C2H4O2/c1-3-37-21-14-16(10-13-20(21)36-2)22(29-17-11-8-15(9-12-17)23(27)28)24-30-26(35)32(31-24)19-7-5-4-6-18(19)25(33)34;1-2(3)4/h4-14,22,29H,3H2,1-2H3,(H3,27,28)(H,33,34)(H,30,31,35);1H3,(H,3,4)/t22-;/m0./s1. The summed E-state index contributed by atoms with van der Waals surface area (Å²) in [4.78, 5) is 36.4. The first-order valence-corrected chi connectivity index (χ1v) is 12.3. The fraction of sp³-hybridized carbons (Fsp3) is 0.179. The summed E-state index contributed by atoms with van der Waals surface area (Å²) >= 11 is 0. The van der Waals surface area contributed by atoms with Crippen molar-refractivity contribution in [1.82, 2.24) is 14.8 Å². The number of aliphatic carboxylic acids is 1. The molecule has 13 heteroatoms. The Morgan fingerprint density at radius 2 is 1.76 bits per heavy atom. The summed E-state index contributed by atoms with van der Waals surface area (Å²) in [6.07, 6.45) is 0. The van der Waals surface area contributed by atoms with Crippen LogP contribution >= 0.6 is 0 Å². The third-order valence-electron chi connectivity index (χ3n) is 5.60. The minimum Gasteiger partial charge on any atom is -0.493 e. The van der Waals surface area contributed by atoms with Gasteiger partial charge in [0.1, 0.15) is 11.9 Å². The molecule has 4 aromatic rings. The van der Waals surface area contributed by atoms with Crippen molar-refractivity contribution in [2.24, 2.45) is 5.73 Å². The second kappa shape index (κ2) is 13.5. The normalized spacial score (nSPS) is 11.0. The molecule has 1 aromatic heterocycles. The summed E-state index contributed by atoms with van der Waals surface area (Å²) in [6, 6.07) is 17.7. The number of nitrogens with zero attached hydrogens (tertiary/aromatic N) is 2. The molecule has 1 heterocycles. The van der Waals surface area contributed by atoms with Gasteiger partial charge in [0, 0.05) is 18.2 Å². The highest BCUT2D eigenvalue weighted by Gasteiger charge is 2.23. The molecule has 0 spiro atoms. The van der Waals surface area contributed by atoms with Crippen molar-refractivity contribution < 1.29 is 29.3 Å². The number of amidine groups is 1. The Hall–Kier alpha value is -5.59. The highest BCUT2D eigenvalue weighted by atomic mass is 16.5. The number of nitrogens with two attached hydrogens (primary N) is 1.